The lowest BCUT2D eigenvalue weighted by Crippen LogP contribution is -1.96. The second-order valence-electron chi connectivity index (χ2n) is 3.66. The first kappa shape index (κ1) is 14.8. The van der Waals surface area contributed by atoms with Crippen LogP contribution in [0.25, 0.3) is 6.08 Å². The number of aromatic nitrogens is 2. The Morgan fingerprint density at radius 1 is 1.48 bits per heavy atom. The molecule has 21 heavy (non-hydrogen) atoms. The second kappa shape index (κ2) is 6.22. The number of nitro groups is 1. The van der Waals surface area contributed by atoms with E-state index in [2.05, 4.69) is 10.2 Å². The maximum Gasteiger partial charge on any atom is 0.433 e. The number of nitrogens with zero attached hydrogens (tertiary/aromatic N) is 3. The molecule has 0 aromatic carbocycles. The fraction of sp³-hybridized carbons (Fsp3) is 0.182. The minimum absolute atomic E-state index is 0.0434. The van der Waals surface area contributed by atoms with Gasteiger partial charge < -0.3 is 13.9 Å². The van der Waals surface area contributed by atoms with Gasteiger partial charge >= 0.3 is 11.9 Å². The predicted octanol–water partition coefficient (Wildman–Crippen LogP) is 2.35. The summed E-state index contributed by atoms with van der Waals surface area (Å²) in [5, 5.41) is 27.1. The fourth-order valence-electron chi connectivity index (χ4n) is 1.30. The van der Waals surface area contributed by atoms with Crippen molar-refractivity contribution in [3.63, 3.8) is 0 Å². The lowest BCUT2D eigenvalue weighted by Gasteiger charge is -1.96. The number of carbonyl (C=O) groups is 1. The van der Waals surface area contributed by atoms with Gasteiger partial charge in [0.05, 0.1) is 6.07 Å². The highest BCUT2D eigenvalue weighted by Crippen LogP contribution is 2.28. The molecule has 0 spiro atoms. The smallest absolute Gasteiger partial charge is 0.433 e. The van der Waals surface area contributed by atoms with Crippen LogP contribution in [0.3, 0.4) is 0 Å². The van der Waals surface area contributed by atoms with Crippen LogP contribution in [0.15, 0.2) is 31.1 Å². The summed E-state index contributed by atoms with van der Waals surface area (Å²) in [5.41, 5.74) is 0. The third-order valence-electron chi connectivity index (χ3n) is 2.22. The van der Waals surface area contributed by atoms with Crippen LogP contribution in [0.5, 0.6) is 0 Å². The molecule has 2 heterocycles. The highest BCUT2D eigenvalue weighted by atomic mass is 32.2. The summed E-state index contributed by atoms with van der Waals surface area (Å²) in [4.78, 5) is 20.8. The summed E-state index contributed by atoms with van der Waals surface area (Å²) in [5.74, 6) is -1.28. The normalized spacial score (nSPS) is 11.6. The van der Waals surface area contributed by atoms with E-state index >= 15 is 0 Å². The first-order valence-corrected chi connectivity index (χ1v) is 6.50. The Morgan fingerprint density at radius 3 is 2.76 bits per heavy atom. The topological polar surface area (TPSA) is 132 Å². The lowest BCUT2D eigenvalue weighted by atomic mass is 10.4. The zero-order valence-electron chi connectivity index (χ0n) is 10.7. The van der Waals surface area contributed by atoms with Gasteiger partial charge in [-0.2, -0.15) is 0 Å². The molecule has 0 saturated heterocycles. The molecule has 0 radical (unpaired) electrons. The first-order valence-electron chi connectivity index (χ1n) is 5.69. The van der Waals surface area contributed by atoms with E-state index in [9.17, 15) is 14.9 Å². The Balaban J connectivity index is 2.23. The molecule has 0 aliphatic rings. The van der Waals surface area contributed by atoms with Gasteiger partial charge in [-0.05, 0) is 17.8 Å². The molecular formula is C11H9N3O6S. The van der Waals surface area contributed by atoms with E-state index in [1.165, 1.54) is 6.07 Å². The van der Waals surface area contributed by atoms with Crippen molar-refractivity contribution in [2.45, 2.75) is 18.6 Å². The van der Waals surface area contributed by atoms with Crippen molar-refractivity contribution in [2.75, 3.05) is 0 Å². The van der Waals surface area contributed by atoms with Crippen LogP contribution in [0.2, 0.25) is 0 Å². The highest BCUT2D eigenvalue weighted by Gasteiger charge is 2.17. The van der Waals surface area contributed by atoms with Gasteiger partial charge in [0.15, 0.2) is 0 Å². The summed E-state index contributed by atoms with van der Waals surface area (Å²) < 4.78 is 10.1. The van der Waals surface area contributed by atoms with Crippen LogP contribution in [0.4, 0.5) is 5.88 Å². The molecule has 10 heteroatoms. The van der Waals surface area contributed by atoms with Crippen molar-refractivity contribution in [3.8, 4) is 0 Å². The summed E-state index contributed by atoms with van der Waals surface area (Å²) >= 11 is 0.737. The van der Waals surface area contributed by atoms with Crippen molar-refractivity contribution in [1.82, 2.24) is 10.2 Å². The number of rotatable bonds is 6. The number of carboxylic acids is 1. The van der Waals surface area contributed by atoms with Gasteiger partial charge in [0.1, 0.15) is 15.6 Å². The van der Waals surface area contributed by atoms with Crippen LogP contribution in [0, 0.1) is 10.1 Å². The first-order chi connectivity index (χ1) is 9.99. The maximum absolute atomic E-state index is 11.2. The van der Waals surface area contributed by atoms with Gasteiger partial charge in [-0.15, -0.1) is 10.2 Å². The van der Waals surface area contributed by atoms with E-state index in [0.29, 0.717) is 12.3 Å². The van der Waals surface area contributed by atoms with Gasteiger partial charge in [-0.3, -0.25) is 10.1 Å². The number of aliphatic carboxylic acids is 1. The molecule has 2 rings (SSSR count). The molecule has 1 N–H and O–H groups in total. The zero-order valence-corrected chi connectivity index (χ0v) is 11.5. The van der Waals surface area contributed by atoms with E-state index in [4.69, 9.17) is 13.9 Å². The van der Waals surface area contributed by atoms with E-state index in [-0.39, 0.29) is 15.9 Å². The maximum atomic E-state index is 11.2. The van der Waals surface area contributed by atoms with Crippen LogP contribution < -0.4 is 0 Å². The van der Waals surface area contributed by atoms with Crippen molar-refractivity contribution < 1.29 is 23.7 Å². The van der Waals surface area contributed by atoms with Gasteiger partial charge in [0.2, 0.25) is 5.89 Å². The molecular weight excluding hydrogens is 302 g/mol. The van der Waals surface area contributed by atoms with Crippen LogP contribution in [-0.2, 0) is 11.2 Å². The standard InChI is InChI=1S/C11H9N3O6S/c1-2-8-12-13-11(20-8)21-7(10(15)16)5-6-3-4-9(19-6)14(17)18/h3-5H,2H2,1H3,(H,15,16)/b7-5-. The van der Waals surface area contributed by atoms with Crippen LogP contribution in [0.1, 0.15) is 18.6 Å². The summed E-state index contributed by atoms with van der Waals surface area (Å²) in [6.07, 6.45) is 1.68. The molecule has 0 aliphatic carbocycles. The summed E-state index contributed by atoms with van der Waals surface area (Å²) in [6.45, 7) is 1.82. The SMILES string of the molecule is CCc1nnc(S/C(=C\c2ccc([N+](=O)[O-])o2)C(=O)O)o1. The molecule has 110 valence electrons. The molecule has 2 aromatic heterocycles. The third kappa shape index (κ3) is 3.69. The third-order valence-corrected chi connectivity index (χ3v) is 3.08. The van der Waals surface area contributed by atoms with Crippen molar-refractivity contribution >= 4 is 29.7 Å². The van der Waals surface area contributed by atoms with Gasteiger partial charge in [-0.25, -0.2) is 4.79 Å². The Kier molecular flexibility index (Phi) is 4.38. The zero-order chi connectivity index (χ0) is 15.4. The molecule has 2 aromatic rings. The minimum atomic E-state index is -1.24. The Labute approximate surface area is 121 Å². The molecule has 0 amide bonds. The van der Waals surface area contributed by atoms with Gasteiger partial charge in [0.25, 0.3) is 5.22 Å². The lowest BCUT2D eigenvalue weighted by molar-refractivity contribution is -0.402. The summed E-state index contributed by atoms with van der Waals surface area (Å²) in [6, 6.07) is 2.44. The number of carboxylic acid groups (broad SMARTS) is 1. The number of thioether (sulfide) groups is 1. The fourth-order valence-corrected chi connectivity index (χ4v) is 1.97. The van der Waals surface area contributed by atoms with Crippen molar-refractivity contribution in [1.29, 1.82) is 0 Å². The van der Waals surface area contributed by atoms with Gasteiger partial charge in [-0.1, -0.05) is 6.92 Å². The Hall–Kier alpha value is -2.62. The van der Waals surface area contributed by atoms with E-state index in [1.807, 2.05) is 6.92 Å². The van der Waals surface area contributed by atoms with E-state index in [1.54, 1.807) is 0 Å². The van der Waals surface area contributed by atoms with Crippen LogP contribution >= 0.6 is 11.8 Å². The summed E-state index contributed by atoms with van der Waals surface area (Å²) in [7, 11) is 0. The van der Waals surface area contributed by atoms with Crippen molar-refractivity contribution in [2.24, 2.45) is 0 Å². The molecule has 0 atom stereocenters. The van der Waals surface area contributed by atoms with Gasteiger partial charge in [0, 0.05) is 12.5 Å². The number of hydrogen-bond acceptors (Lipinski definition) is 8. The molecule has 0 fully saturated rings. The number of hydrogen-bond donors (Lipinski definition) is 1. The Morgan fingerprint density at radius 2 is 2.24 bits per heavy atom. The quantitative estimate of drug-likeness (QED) is 0.369. The average molecular weight is 311 g/mol. The monoisotopic (exact) mass is 311 g/mol. The van der Waals surface area contributed by atoms with Crippen molar-refractivity contribution in [3.05, 3.63) is 38.8 Å². The average Bonchev–Trinajstić information content (AvgIpc) is 3.06. The van der Waals surface area contributed by atoms with Crippen LogP contribution in [-0.4, -0.2) is 26.2 Å². The minimum Gasteiger partial charge on any atom is -0.477 e. The molecule has 9 nitrogen and oxygen atoms in total. The Bertz CT molecular complexity index is 704. The second-order valence-corrected chi connectivity index (χ2v) is 4.66. The van der Waals surface area contributed by atoms with E-state index in [0.717, 1.165) is 23.9 Å². The highest BCUT2D eigenvalue weighted by molar-refractivity contribution is 8.03. The molecule has 0 bridgehead atoms. The number of aryl methyl sites for hydroxylation is 1. The molecule has 0 unspecified atom stereocenters. The largest absolute Gasteiger partial charge is 0.477 e. The molecule has 0 aliphatic heterocycles. The van der Waals surface area contributed by atoms with E-state index < -0.39 is 16.8 Å². The number of furan rings is 1. The molecule has 0 saturated carbocycles. The predicted molar refractivity (Wildman–Crippen MR) is 70.5 cm³/mol.